The predicted molar refractivity (Wildman–Crippen MR) is 142 cm³/mol. The SMILES string of the molecule is Cc1nnc(CCCCCNC(=O)CCC(NC(=O)OCC2c3ccccc3-c3ccccc32)C(=O)O)nn1. The van der Waals surface area contributed by atoms with Crippen molar-refractivity contribution < 1.29 is 24.2 Å². The summed E-state index contributed by atoms with van der Waals surface area (Å²) >= 11 is 0. The first-order chi connectivity index (χ1) is 18.9. The number of alkyl carbamates (subject to hydrolysis) is 1. The van der Waals surface area contributed by atoms with Gasteiger partial charge in [-0.1, -0.05) is 55.0 Å². The molecule has 1 unspecified atom stereocenters. The van der Waals surface area contributed by atoms with Crippen molar-refractivity contribution in [3.05, 3.63) is 71.3 Å². The number of benzene rings is 2. The Hall–Kier alpha value is -4.41. The molecule has 204 valence electrons. The minimum absolute atomic E-state index is 0.0326. The van der Waals surface area contributed by atoms with Gasteiger partial charge < -0.3 is 20.5 Å². The second-order valence-corrected chi connectivity index (χ2v) is 9.42. The summed E-state index contributed by atoms with van der Waals surface area (Å²) in [5.74, 6) is -0.507. The van der Waals surface area contributed by atoms with Gasteiger partial charge >= 0.3 is 12.1 Å². The van der Waals surface area contributed by atoms with Crippen LogP contribution in [0.4, 0.5) is 4.79 Å². The highest BCUT2D eigenvalue weighted by Gasteiger charge is 2.29. The van der Waals surface area contributed by atoms with E-state index in [2.05, 4.69) is 31.0 Å². The number of hydrogen-bond donors (Lipinski definition) is 3. The first-order valence-electron chi connectivity index (χ1n) is 13.1. The molecule has 11 nitrogen and oxygen atoms in total. The van der Waals surface area contributed by atoms with Gasteiger partial charge in [-0.25, -0.2) is 9.59 Å². The van der Waals surface area contributed by atoms with Crippen LogP contribution >= 0.6 is 0 Å². The molecular formula is C28H32N6O5. The lowest BCUT2D eigenvalue weighted by Crippen LogP contribution is -2.42. The van der Waals surface area contributed by atoms with E-state index in [1.807, 2.05) is 48.5 Å². The Morgan fingerprint density at radius 2 is 1.56 bits per heavy atom. The van der Waals surface area contributed by atoms with E-state index in [9.17, 15) is 19.5 Å². The van der Waals surface area contributed by atoms with Crippen LogP contribution in [-0.4, -0.2) is 62.7 Å². The van der Waals surface area contributed by atoms with Crippen LogP contribution in [0.3, 0.4) is 0 Å². The van der Waals surface area contributed by atoms with Crippen LogP contribution in [0, 0.1) is 6.92 Å². The number of hydrogen-bond acceptors (Lipinski definition) is 8. The fourth-order valence-electron chi connectivity index (χ4n) is 4.62. The first-order valence-corrected chi connectivity index (χ1v) is 13.1. The number of fused-ring (bicyclic) bond motifs is 3. The van der Waals surface area contributed by atoms with Gasteiger partial charge in [0.05, 0.1) is 0 Å². The maximum atomic E-state index is 12.5. The average Bonchev–Trinajstić information content (AvgIpc) is 3.26. The van der Waals surface area contributed by atoms with Gasteiger partial charge in [-0.3, -0.25) is 4.79 Å². The number of nitrogens with one attached hydrogen (secondary N) is 2. The molecule has 4 rings (SSSR count). The van der Waals surface area contributed by atoms with Crippen molar-refractivity contribution in [2.24, 2.45) is 0 Å². The van der Waals surface area contributed by atoms with Gasteiger partial charge in [0, 0.05) is 25.3 Å². The molecular weight excluding hydrogens is 500 g/mol. The highest BCUT2D eigenvalue weighted by atomic mass is 16.5. The number of carboxylic acids is 1. The van der Waals surface area contributed by atoms with Crippen molar-refractivity contribution in [3.63, 3.8) is 0 Å². The molecule has 2 amide bonds. The fraction of sp³-hybridized carbons (Fsp3) is 0.393. The van der Waals surface area contributed by atoms with Crippen molar-refractivity contribution >= 4 is 18.0 Å². The van der Waals surface area contributed by atoms with E-state index >= 15 is 0 Å². The molecule has 1 aliphatic rings. The van der Waals surface area contributed by atoms with Gasteiger partial charge in [-0.2, -0.15) is 0 Å². The van der Waals surface area contributed by atoms with Crippen molar-refractivity contribution in [1.82, 2.24) is 31.0 Å². The van der Waals surface area contributed by atoms with Crippen LogP contribution in [0.2, 0.25) is 0 Å². The largest absolute Gasteiger partial charge is 0.480 e. The van der Waals surface area contributed by atoms with Crippen molar-refractivity contribution in [2.45, 2.75) is 57.4 Å². The lowest BCUT2D eigenvalue weighted by Gasteiger charge is -2.17. The molecule has 3 N–H and O–H groups in total. The summed E-state index contributed by atoms with van der Waals surface area (Å²) < 4.78 is 5.44. The number of aliphatic carboxylic acids is 1. The molecule has 0 aliphatic heterocycles. The maximum absolute atomic E-state index is 12.5. The average molecular weight is 533 g/mol. The number of carboxylic acid groups (broad SMARTS) is 1. The standard InChI is InChI=1S/C28H32N6O5/c1-18-31-33-25(34-32-18)13-3-2-8-16-29-26(35)15-14-24(27(36)37)30-28(38)39-17-23-21-11-6-4-9-19(21)20-10-5-7-12-22(20)23/h4-7,9-12,23-24H,2-3,8,13-17H2,1H3,(H,29,35)(H,30,38)(H,36,37). The number of carbonyl (C=O) groups is 3. The van der Waals surface area contributed by atoms with Gasteiger partial charge in [-0.05, 0) is 48.4 Å². The Labute approximate surface area is 226 Å². The van der Waals surface area contributed by atoms with Gasteiger partial charge in [0.15, 0.2) is 11.6 Å². The Kier molecular flexibility index (Phi) is 9.49. The van der Waals surface area contributed by atoms with Gasteiger partial charge in [-0.15, -0.1) is 20.4 Å². The minimum atomic E-state index is -1.23. The summed E-state index contributed by atoms with van der Waals surface area (Å²) in [4.78, 5) is 36.3. The van der Waals surface area contributed by atoms with E-state index in [-0.39, 0.29) is 31.3 Å². The number of nitrogens with zero attached hydrogens (tertiary/aromatic N) is 4. The lowest BCUT2D eigenvalue weighted by atomic mass is 9.98. The van der Waals surface area contributed by atoms with Crippen LogP contribution in [0.1, 0.15) is 60.8 Å². The van der Waals surface area contributed by atoms with E-state index < -0.39 is 18.1 Å². The highest BCUT2D eigenvalue weighted by molar-refractivity contribution is 5.82. The summed E-state index contributed by atoms with van der Waals surface area (Å²) in [7, 11) is 0. The molecule has 0 saturated heterocycles. The molecule has 1 atom stereocenters. The van der Waals surface area contributed by atoms with Crippen molar-refractivity contribution in [1.29, 1.82) is 0 Å². The summed E-state index contributed by atoms with van der Waals surface area (Å²) in [5.41, 5.74) is 4.34. The third kappa shape index (κ3) is 7.56. The topological polar surface area (TPSA) is 156 Å². The minimum Gasteiger partial charge on any atom is -0.480 e. The van der Waals surface area contributed by atoms with Gasteiger partial charge in [0.2, 0.25) is 5.91 Å². The normalized spacial score (nSPS) is 12.7. The van der Waals surface area contributed by atoms with Crippen molar-refractivity contribution in [2.75, 3.05) is 13.2 Å². The molecule has 11 heteroatoms. The zero-order valence-corrected chi connectivity index (χ0v) is 21.8. The molecule has 2 aromatic carbocycles. The number of carbonyl (C=O) groups excluding carboxylic acids is 2. The number of aromatic nitrogens is 4. The molecule has 1 aromatic heterocycles. The molecule has 0 spiro atoms. The Bertz CT molecular complexity index is 1250. The summed E-state index contributed by atoms with van der Waals surface area (Å²) in [5, 5.41) is 30.4. The fourth-order valence-corrected chi connectivity index (χ4v) is 4.62. The number of unbranched alkanes of at least 4 members (excludes halogenated alkanes) is 2. The van der Waals surface area contributed by atoms with E-state index in [0.29, 0.717) is 24.6 Å². The van der Waals surface area contributed by atoms with Gasteiger partial charge in [0.1, 0.15) is 12.6 Å². The number of ether oxygens (including phenoxy) is 1. The second-order valence-electron chi connectivity index (χ2n) is 9.42. The molecule has 1 aliphatic carbocycles. The summed E-state index contributed by atoms with van der Waals surface area (Å²) in [6, 6.07) is 14.7. The molecule has 0 fully saturated rings. The molecule has 0 saturated carbocycles. The van der Waals surface area contributed by atoms with Gasteiger partial charge in [0.25, 0.3) is 0 Å². The summed E-state index contributed by atoms with van der Waals surface area (Å²) in [6.45, 7) is 2.28. The molecule has 0 radical (unpaired) electrons. The second kappa shape index (κ2) is 13.4. The third-order valence-corrected chi connectivity index (χ3v) is 6.61. The predicted octanol–water partition coefficient (Wildman–Crippen LogP) is 3.18. The molecule has 1 heterocycles. The Morgan fingerprint density at radius 3 is 2.21 bits per heavy atom. The van der Waals surface area contributed by atoms with Crippen molar-refractivity contribution in [3.8, 4) is 11.1 Å². The first kappa shape index (κ1) is 27.6. The smallest absolute Gasteiger partial charge is 0.407 e. The highest BCUT2D eigenvalue weighted by Crippen LogP contribution is 2.44. The molecule has 0 bridgehead atoms. The number of amides is 2. The Morgan fingerprint density at radius 1 is 0.923 bits per heavy atom. The van der Waals surface area contributed by atoms with Crippen LogP contribution in [0.25, 0.3) is 11.1 Å². The monoisotopic (exact) mass is 532 g/mol. The van der Waals surface area contributed by atoms with E-state index in [4.69, 9.17) is 4.74 Å². The number of aryl methyl sites for hydroxylation is 2. The quantitative estimate of drug-likeness (QED) is 0.281. The van der Waals surface area contributed by atoms with E-state index in [1.54, 1.807) is 6.92 Å². The zero-order valence-electron chi connectivity index (χ0n) is 21.8. The number of rotatable bonds is 13. The summed E-state index contributed by atoms with van der Waals surface area (Å²) in [6.07, 6.45) is 2.22. The van der Waals surface area contributed by atoms with E-state index in [1.165, 1.54) is 0 Å². The Balaban J connectivity index is 1.16. The van der Waals surface area contributed by atoms with E-state index in [0.717, 1.165) is 41.5 Å². The van der Waals surface area contributed by atoms with Crippen LogP contribution in [-0.2, 0) is 20.7 Å². The zero-order chi connectivity index (χ0) is 27.6. The van der Waals surface area contributed by atoms with Crippen LogP contribution in [0.5, 0.6) is 0 Å². The molecule has 39 heavy (non-hydrogen) atoms. The molecule has 3 aromatic rings. The van der Waals surface area contributed by atoms with Crippen LogP contribution < -0.4 is 10.6 Å². The van der Waals surface area contributed by atoms with Crippen LogP contribution in [0.15, 0.2) is 48.5 Å². The lowest BCUT2D eigenvalue weighted by molar-refractivity contribution is -0.139. The third-order valence-electron chi connectivity index (χ3n) is 6.61. The maximum Gasteiger partial charge on any atom is 0.407 e.